The third kappa shape index (κ3) is 5.76. The lowest BCUT2D eigenvalue weighted by Gasteiger charge is -2.21. The van der Waals surface area contributed by atoms with Crippen molar-refractivity contribution in [3.05, 3.63) is 24.3 Å². The van der Waals surface area contributed by atoms with Gasteiger partial charge >= 0.3 is 5.97 Å². The van der Waals surface area contributed by atoms with Crippen molar-refractivity contribution in [3.63, 3.8) is 0 Å². The van der Waals surface area contributed by atoms with Gasteiger partial charge in [-0.15, -0.1) is 0 Å². The Kier molecular flexibility index (Phi) is 6.06. The van der Waals surface area contributed by atoms with Gasteiger partial charge < -0.3 is 20.7 Å². The first kappa shape index (κ1) is 18.1. The molecule has 1 heterocycles. The van der Waals surface area contributed by atoms with Crippen molar-refractivity contribution < 1.29 is 14.3 Å². The van der Waals surface area contributed by atoms with Gasteiger partial charge in [-0.2, -0.15) is 0 Å². The summed E-state index contributed by atoms with van der Waals surface area (Å²) in [6, 6.07) is 7.31. The van der Waals surface area contributed by atoms with E-state index >= 15 is 0 Å². The van der Waals surface area contributed by atoms with Crippen molar-refractivity contribution in [1.82, 2.24) is 5.32 Å². The monoisotopic (exact) mass is 333 g/mol. The molecule has 6 nitrogen and oxygen atoms in total. The van der Waals surface area contributed by atoms with E-state index in [2.05, 4.69) is 16.0 Å². The molecule has 1 atom stereocenters. The van der Waals surface area contributed by atoms with E-state index < -0.39 is 5.60 Å². The minimum absolute atomic E-state index is 0.0226. The van der Waals surface area contributed by atoms with Crippen molar-refractivity contribution in [1.29, 1.82) is 0 Å². The highest BCUT2D eigenvalue weighted by Crippen LogP contribution is 2.23. The average molecular weight is 333 g/mol. The highest BCUT2D eigenvalue weighted by Gasteiger charge is 2.21. The van der Waals surface area contributed by atoms with E-state index in [-0.39, 0.29) is 24.5 Å². The van der Waals surface area contributed by atoms with Gasteiger partial charge in [-0.25, -0.2) is 0 Å². The molecule has 0 aromatic heterocycles. The van der Waals surface area contributed by atoms with Crippen LogP contribution < -0.4 is 16.0 Å². The van der Waals surface area contributed by atoms with Crippen LogP contribution in [0, 0.1) is 0 Å². The van der Waals surface area contributed by atoms with Crippen molar-refractivity contribution in [3.8, 4) is 0 Å². The molecule has 0 saturated carbocycles. The fourth-order valence-corrected chi connectivity index (χ4v) is 2.57. The minimum Gasteiger partial charge on any atom is -0.459 e. The predicted molar refractivity (Wildman–Crippen MR) is 95.0 cm³/mol. The van der Waals surface area contributed by atoms with E-state index in [1.807, 2.05) is 45.0 Å². The normalized spacial score (nSPS) is 18.3. The number of amides is 1. The summed E-state index contributed by atoms with van der Waals surface area (Å²) in [5.41, 5.74) is 1.08. The molecule has 2 rings (SSSR count). The Balaban J connectivity index is 1.99. The Morgan fingerprint density at radius 2 is 1.96 bits per heavy atom. The number of rotatable bonds is 5. The van der Waals surface area contributed by atoms with E-state index in [1.165, 1.54) is 0 Å². The first-order chi connectivity index (χ1) is 11.3. The van der Waals surface area contributed by atoms with Crippen LogP contribution in [0.25, 0.3) is 0 Å². The molecule has 0 aliphatic carbocycles. The number of para-hydroxylation sites is 2. The lowest BCUT2D eigenvalue weighted by Crippen LogP contribution is -2.38. The predicted octanol–water partition coefficient (Wildman–Crippen LogP) is 2.52. The lowest BCUT2D eigenvalue weighted by molar-refractivity contribution is -0.152. The zero-order chi connectivity index (χ0) is 17.6. The second kappa shape index (κ2) is 8.04. The molecular formula is C18H27N3O3. The van der Waals surface area contributed by atoms with Crippen LogP contribution in [0.3, 0.4) is 0 Å². The number of carbonyl (C=O) groups excluding carboxylic acids is 2. The van der Waals surface area contributed by atoms with Gasteiger partial charge in [0.1, 0.15) is 18.2 Å². The number of hydrogen-bond acceptors (Lipinski definition) is 5. The summed E-state index contributed by atoms with van der Waals surface area (Å²) in [6.07, 6.45) is 2.80. The number of ether oxygens (including phenoxy) is 1. The molecule has 0 spiro atoms. The molecule has 1 amide bonds. The number of esters is 1. The van der Waals surface area contributed by atoms with E-state index in [9.17, 15) is 9.59 Å². The Labute approximate surface area is 143 Å². The van der Waals surface area contributed by atoms with Crippen LogP contribution in [0.1, 0.15) is 40.0 Å². The Morgan fingerprint density at radius 3 is 2.67 bits per heavy atom. The summed E-state index contributed by atoms with van der Waals surface area (Å²) >= 11 is 0. The molecular weight excluding hydrogens is 306 g/mol. The molecule has 0 radical (unpaired) electrons. The van der Waals surface area contributed by atoms with Crippen LogP contribution in [-0.4, -0.2) is 36.6 Å². The summed E-state index contributed by atoms with van der Waals surface area (Å²) in [5, 5.41) is 9.29. The minimum atomic E-state index is -0.505. The number of carbonyl (C=O) groups is 2. The second-order valence-electron chi connectivity index (χ2n) is 6.97. The molecule has 3 N–H and O–H groups in total. The number of nitrogens with one attached hydrogen (secondary N) is 3. The summed E-state index contributed by atoms with van der Waals surface area (Å²) in [4.78, 5) is 23.9. The summed E-state index contributed by atoms with van der Waals surface area (Å²) < 4.78 is 5.30. The average Bonchev–Trinajstić information content (AvgIpc) is 2.70. The quantitative estimate of drug-likeness (QED) is 0.722. The van der Waals surface area contributed by atoms with Crippen LogP contribution in [0.2, 0.25) is 0 Å². The van der Waals surface area contributed by atoms with Crippen LogP contribution in [0.15, 0.2) is 24.3 Å². The molecule has 1 unspecified atom stereocenters. The molecule has 1 fully saturated rings. The van der Waals surface area contributed by atoms with Crippen molar-refractivity contribution in [2.45, 2.75) is 51.7 Å². The maximum Gasteiger partial charge on any atom is 0.325 e. The molecule has 1 aliphatic rings. The molecule has 1 aromatic carbocycles. The molecule has 0 bridgehead atoms. The summed E-state index contributed by atoms with van der Waals surface area (Å²) in [7, 11) is 0. The van der Waals surface area contributed by atoms with Crippen molar-refractivity contribution in [2.24, 2.45) is 0 Å². The highest BCUT2D eigenvalue weighted by molar-refractivity contribution is 5.86. The zero-order valence-corrected chi connectivity index (χ0v) is 14.6. The number of anilines is 2. The van der Waals surface area contributed by atoms with Gasteiger partial charge in [0.25, 0.3) is 0 Å². The third-order valence-electron chi connectivity index (χ3n) is 3.64. The number of hydrogen-bond donors (Lipinski definition) is 3. The molecule has 132 valence electrons. The van der Waals surface area contributed by atoms with E-state index in [1.54, 1.807) is 0 Å². The van der Waals surface area contributed by atoms with Gasteiger partial charge in [-0.1, -0.05) is 12.1 Å². The van der Waals surface area contributed by atoms with Crippen LogP contribution in [0.4, 0.5) is 11.4 Å². The van der Waals surface area contributed by atoms with Crippen LogP contribution in [-0.2, 0) is 14.3 Å². The van der Waals surface area contributed by atoms with Crippen molar-refractivity contribution in [2.75, 3.05) is 23.7 Å². The molecule has 6 heteroatoms. The fourth-order valence-electron chi connectivity index (χ4n) is 2.57. The summed E-state index contributed by atoms with van der Waals surface area (Å²) in [6.45, 7) is 6.32. The number of benzene rings is 1. The van der Waals surface area contributed by atoms with Gasteiger partial charge in [0.15, 0.2) is 0 Å². The van der Waals surface area contributed by atoms with Gasteiger partial charge in [-0.3, -0.25) is 9.59 Å². The third-order valence-corrected chi connectivity index (χ3v) is 3.64. The Morgan fingerprint density at radius 1 is 1.25 bits per heavy atom. The van der Waals surface area contributed by atoms with Gasteiger partial charge in [0.05, 0.1) is 11.4 Å². The molecule has 1 saturated heterocycles. The van der Waals surface area contributed by atoms with E-state index in [0.717, 1.165) is 37.2 Å². The van der Waals surface area contributed by atoms with Crippen LogP contribution >= 0.6 is 0 Å². The first-order valence-corrected chi connectivity index (χ1v) is 8.44. The van der Waals surface area contributed by atoms with Gasteiger partial charge in [0, 0.05) is 6.54 Å². The van der Waals surface area contributed by atoms with Crippen molar-refractivity contribution >= 4 is 23.3 Å². The van der Waals surface area contributed by atoms with E-state index in [4.69, 9.17) is 4.74 Å². The first-order valence-electron chi connectivity index (χ1n) is 8.44. The SMILES string of the molecule is CC(C)(C)OC(=O)CNc1ccccc1NC1CCCCNC1=O. The standard InChI is InChI=1S/C18H27N3O3/c1-18(2,3)24-16(22)12-20-13-8-4-5-9-14(13)21-15-10-6-7-11-19-17(15)23/h4-5,8-9,15,20-21H,6-7,10-12H2,1-3H3,(H,19,23). The highest BCUT2D eigenvalue weighted by atomic mass is 16.6. The van der Waals surface area contributed by atoms with Gasteiger partial charge in [0.2, 0.25) is 5.91 Å². The topological polar surface area (TPSA) is 79.5 Å². The molecule has 24 heavy (non-hydrogen) atoms. The largest absolute Gasteiger partial charge is 0.459 e. The molecule has 1 aromatic rings. The van der Waals surface area contributed by atoms with Gasteiger partial charge in [-0.05, 0) is 52.2 Å². The lowest BCUT2D eigenvalue weighted by atomic mass is 10.1. The summed E-state index contributed by atoms with van der Waals surface area (Å²) in [5.74, 6) is -0.293. The maximum absolute atomic E-state index is 12.1. The Bertz CT molecular complexity index is 581. The molecule has 1 aliphatic heterocycles. The van der Waals surface area contributed by atoms with E-state index in [0.29, 0.717) is 0 Å². The second-order valence-corrected chi connectivity index (χ2v) is 6.97. The Hall–Kier alpha value is -2.24. The smallest absolute Gasteiger partial charge is 0.325 e. The van der Waals surface area contributed by atoms with Crippen LogP contribution in [0.5, 0.6) is 0 Å². The maximum atomic E-state index is 12.1. The zero-order valence-electron chi connectivity index (χ0n) is 14.6. The fraction of sp³-hybridized carbons (Fsp3) is 0.556.